The number of nitrogens with two attached hydrogens (primary N) is 1. The molecular weight excluding hydrogens is 226 g/mol. The molecule has 0 spiro atoms. The normalized spacial score (nSPS) is 15.2. The maximum absolute atomic E-state index is 11.7. The first-order valence-corrected chi connectivity index (χ1v) is 6.55. The second-order valence-corrected chi connectivity index (χ2v) is 4.84. The minimum absolute atomic E-state index is 0.115. The first kappa shape index (κ1) is 12.9. The van der Waals surface area contributed by atoms with Crippen molar-refractivity contribution in [2.24, 2.45) is 0 Å². The number of carbonyl (C=O) groups excluding carboxylic acids is 1. The van der Waals surface area contributed by atoms with Gasteiger partial charge >= 0.3 is 0 Å². The average molecular weight is 247 g/mol. The lowest BCUT2D eigenvalue weighted by Crippen LogP contribution is -2.40. The van der Waals surface area contributed by atoms with Crippen molar-refractivity contribution in [2.45, 2.75) is 26.3 Å². The first-order chi connectivity index (χ1) is 8.69. The number of fused-ring (bicyclic) bond motifs is 1. The molecule has 0 aliphatic carbocycles. The molecule has 0 saturated carbocycles. The number of hydrogen-bond donors (Lipinski definition) is 2. The van der Waals surface area contributed by atoms with Crippen molar-refractivity contribution in [2.75, 3.05) is 25.4 Å². The third-order valence-corrected chi connectivity index (χ3v) is 3.26. The summed E-state index contributed by atoms with van der Waals surface area (Å²) in [6.45, 7) is 5.06. The molecule has 0 bridgehead atoms. The van der Waals surface area contributed by atoms with Crippen molar-refractivity contribution in [1.29, 1.82) is 0 Å². The molecule has 3 N–H and O–H groups in total. The van der Waals surface area contributed by atoms with Crippen molar-refractivity contribution in [3.05, 3.63) is 29.3 Å². The fourth-order valence-corrected chi connectivity index (χ4v) is 2.29. The number of rotatable bonds is 4. The zero-order valence-corrected chi connectivity index (χ0v) is 10.9. The average Bonchev–Trinajstić information content (AvgIpc) is 2.36. The van der Waals surface area contributed by atoms with Crippen LogP contribution >= 0.6 is 0 Å². The molecule has 1 aromatic rings. The van der Waals surface area contributed by atoms with Gasteiger partial charge in [0.2, 0.25) is 5.91 Å². The van der Waals surface area contributed by atoms with Gasteiger partial charge in [-0.3, -0.25) is 9.69 Å². The molecule has 1 aromatic carbocycles. The molecule has 4 heteroatoms. The molecule has 1 aliphatic heterocycles. The number of anilines is 1. The van der Waals surface area contributed by atoms with E-state index in [0.29, 0.717) is 6.54 Å². The Morgan fingerprint density at radius 3 is 3.06 bits per heavy atom. The van der Waals surface area contributed by atoms with E-state index in [9.17, 15) is 4.79 Å². The predicted octanol–water partition coefficient (Wildman–Crippen LogP) is 1.15. The van der Waals surface area contributed by atoms with E-state index < -0.39 is 0 Å². The van der Waals surface area contributed by atoms with Crippen LogP contribution in [-0.4, -0.2) is 30.4 Å². The third-order valence-electron chi connectivity index (χ3n) is 3.26. The molecule has 0 atom stereocenters. The fraction of sp³-hybridized carbons (Fsp3) is 0.500. The van der Waals surface area contributed by atoms with E-state index in [4.69, 9.17) is 5.73 Å². The van der Waals surface area contributed by atoms with Gasteiger partial charge in [-0.1, -0.05) is 13.0 Å². The van der Waals surface area contributed by atoms with Gasteiger partial charge in [0.1, 0.15) is 0 Å². The topological polar surface area (TPSA) is 58.4 Å². The molecule has 4 nitrogen and oxygen atoms in total. The van der Waals surface area contributed by atoms with Gasteiger partial charge in [0, 0.05) is 25.3 Å². The van der Waals surface area contributed by atoms with Crippen molar-refractivity contribution in [3.8, 4) is 0 Å². The largest absolute Gasteiger partial charge is 0.399 e. The van der Waals surface area contributed by atoms with Crippen LogP contribution in [0.4, 0.5) is 5.69 Å². The summed E-state index contributed by atoms with van der Waals surface area (Å²) in [6.07, 6.45) is 1.97. The lowest BCUT2D eigenvalue weighted by molar-refractivity contribution is -0.122. The summed E-state index contributed by atoms with van der Waals surface area (Å²) in [4.78, 5) is 13.8. The van der Waals surface area contributed by atoms with Crippen molar-refractivity contribution in [1.82, 2.24) is 10.2 Å². The summed E-state index contributed by atoms with van der Waals surface area (Å²) >= 11 is 0. The first-order valence-electron chi connectivity index (χ1n) is 6.55. The number of carbonyl (C=O) groups is 1. The number of hydrogen-bond acceptors (Lipinski definition) is 3. The van der Waals surface area contributed by atoms with Gasteiger partial charge < -0.3 is 11.1 Å². The Balaban J connectivity index is 1.93. The van der Waals surface area contributed by atoms with Gasteiger partial charge in [0.25, 0.3) is 0 Å². The molecular formula is C14H21N3O. The zero-order valence-electron chi connectivity index (χ0n) is 10.9. The molecule has 98 valence electrons. The molecule has 1 amide bonds. The Morgan fingerprint density at radius 1 is 1.44 bits per heavy atom. The van der Waals surface area contributed by atoms with Crippen LogP contribution < -0.4 is 11.1 Å². The zero-order chi connectivity index (χ0) is 13.0. The summed E-state index contributed by atoms with van der Waals surface area (Å²) in [7, 11) is 0. The van der Waals surface area contributed by atoms with Gasteiger partial charge in [-0.15, -0.1) is 0 Å². The summed E-state index contributed by atoms with van der Waals surface area (Å²) < 4.78 is 0. The predicted molar refractivity (Wildman–Crippen MR) is 73.1 cm³/mol. The van der Waals surface area contributed by atoms with Crippen molar-refractivity contribution in [3.63, 3.8) is 0 Å². The van der Waals surface area contributed by atoms with Gasteiger partial charge in [-0.05, 0) is 36.1 Å². The van der Waals surface area contributed by atoms with Crippen molar-refractivity contribution < 1.29 is 4.79 Å². The second-order valence-electron chi connectivity index (χ2n) is 4.84. The Labute approximate surface area is 108 Å². The summed E-state index contributed by atoms with van der Waals surface area (Å²) in [6, 6.07) is 6.06. The van der Waals surface area contributed by atoms with Crippen LogP contribution in [0.15, 0.2) is 18.2 Å². The van der Waals surface area contributed by atoms with Gasteiger partial charge in [-0.25, -0.2) is 0 Å². The number of nitrogen functional groups attached to an aromatic ring is 1. The Bertz CT molecular complexity index is 431. The standard InChI is InChI=1S/C14H21N3O/c1-2-6-16-14(18)10-17-7-5-11-3-4-13(15)8-12(11)9-17/h3-4,8H,2,5-7,9-10,15H2,1H3,(H,16,18). The summed E-state index contributed by atoms with van der Waals surface area (Å²) in [5.74, 6) is 0.115. The molecule has 18 heavy (non-hydrogen) atoms. The molecule has 0 aromatic heterocycles. The van der Waals surface area contributed by atoms with E-state index in [1.54, 1.807) is 0 Å². The van der Waals surface area contributed by atoms with Crippen LogP contribution in [0.1, 0.15) is 24.5 Å². The van der Waals surface area contributed by atoms with Crippen LogP contribution in [0.3, 0.4) is 0 Å². The number of nitrogens with one attached hydrogen (secondary N) is 1. The Morgan fingerprint density at radius 2 is 2.28 bits per heavy atom. The SMILES string of the molecule is CCCNC(=O)CN1CCc2ccc(N)cc2C1. The van der Waals surface area contributed by atoms with E-state index in [-0.39, 0.29) is 5.91 Å². The highest BCUT2D eigenvalue weighted by Crippen LogP contribution is 2.20. The van der Waals surface area contributed by atoms with Gasteiger partial charge in [0.05, 0.1) is 6.54 Å². The molecule has 2 rings (SSSR count). The van der Waals surface area contributed by atoms with Crippen molar-refractivity contribution >= 4 is 11.6 Å². The second kappa shape index (κ2) is 5.87. The minimum Gasteiger partial charge on any atom is -0.399 e. The molecule has 0 unspecified atom stereocenters. The van der Waals surface area contributed by atoms with E-state index in [1.165, 1.54) is 11.1 Å². The van der Waals surface area contributed by atoms with Crippen LogP contribution in [0.2, 0.25) is 0 Å². The molecule has 0 fully saturated rings. The highest BCUT2D eigenvalue weighted by molar-refractivity contribution is 5.78. The van der Waals surface area contributed by atoms with Crippen LogP contribution in [-0.2, 0) is 17.8 Å². The van der Waals surface area contributed by atoms with E-state index >= 15 is 0 Å². The number of nitrogens with zero attached hydrogens (tertiary/aromatic N) is 1. The highest BCUT2D eigenvalue weighted by atomic mass is 16.2. The Hall–Kier alpha value is -1.55. The fourth-order valence-electron chi connectivity index (χ4n) is 2.29. The van der Waals surface area contributed by atoms with E-state index in [2.05, 4.69) is 23.2 Å². The molecule has 1 heterocycles. The summed E-state index contributed by atoms with van der Waals surface area (Å²) in [5, 5.41) is 2.91. The molecule has 0 radical (unpaired) electrons. The Kier molecular flexibility index (Phi) is 4.20. The number of amides is 1. The lowest BCUT2D eigenvalue weighted by Gasteiger charge is -2.28. The smallest absolute Gasteiger partial charge is 0.234 e. The van der Waals surface area contributed by atoms with Crippen LogP contribution in [0.25, 0.3) is 0 Å². The van der Waals surface area contributed by atoms with E-state index in [0.717, 1.165) is 38.2 Å². The lowest BCUT2D eigenvalue weighted by atomic mass is 9.99. The molecule has 0 saturated heterocycles. The maximum Gasteiger partial charge on any atom is 0.234 e. The minimum atomic E-state index is 0.115. The number of benzene rings is 1. The summed E-state index contributed by atoms with van der Waals surface area (Å²) in [5.41, 5.74) is 9.20. The van der Waals surface area contributed by atoms with Gasteiger partial charge in [0.15, 0.2) is 0 Å². The van der Waals surface area contributed by atoms with Crippen LogP contribution in [0, 0.1) is 0 Å². The molecule has 1 aliphatic rings. The van der Waals surface area contributed by atoms with Gasteiger partial charge in [-0.2, -0.15) is 0 Å². The maximum atomic E-state index is 11.7. The van der Waals surface area contributed by atoms with E-state index in [1.807, 2.05) is 12.1 Å². The third kappa shape index (κ3) is 3.23. The van der Waals surface area contributed by atoms with Crippen LogP contribution in [0.5, 0.6) is 0 Å². The monoisotopic (exact) mass is 247 g/mol. The quantitative estimate of drug-likeness (QED) is 0.785. The highest BCUT2D eigenvalue weighted by Gasteiger charge is 2.18.